The smallest absolute Gasteiger partial charge is 0.321 e. The van der Waals surface area contributed by atoms with Crippen LogP contribution in [0, 0.1) is 0 Å². The van der Waals surface area contributed by atoms with Crippen molar-refractivity contribution >= 4 is 27.5 Å². The van der Waals surface area contributed by atoms with Gasteiger partial charge in [-0.3, -0.25) is 9.00 Å². The van der Waals surface area contributed by atoms with Crippen molar-refractivity contribution in [2.45, 2.75) is 31.5 Å². The van der Waals surface area contributed by atoms with E-state index < -0.39 is 28.2 Å². The molecule has 3 aromatic heterocycles. The second kappa shape index (κ2) is 7.84. The van der Waals surface area contributed by atoms with Gasteiger partial charge >= 0.3 is 6.18 Å². The van der Waals surface area contributed by atoms with Crippen LogP contribution in [0.4, 0.5) is 18.9 Å². The largest absolute Gasteiger partial charge is 0.431 e. The number of hydrogen-bond donors (Lipinski definition) is 1. The SMILES string of the molecule is CCn1c(C(F)(F)F)cc2nc(-c3ncc(N(C)N)cc3S(=O)CC)n(C)c2c1=O. The van der Waals surface area contributed by atoms with E-state index in [2.05, 4.69) is 9.97 Å². The molecule has 3 rings (SSSR count). The summed E-state index contributed by atoms with van der Waals surface area (Å²) in [6.07, 6.45) is -3.27. The Morgan fingerprint density at radius 2 is 1.93 bits per heavy atom. The Kier molecular flexibility index (Phi) is 5.74. The summed E-state index contributed by atoms with van der Waals surface area (Å²) >= 11 is 0. The Labute approximate surface area is 172 Å². The molecule has 2 N–H and O–H groups in total. The van der Waals surface area contributed by atoms with Crippen molar-refractivity contribution in [3.8, 4) is 11.5 Å². The van der Waals surface area contributed by atoms with Crippen molar-refractivity contribution in [3.05, 3.63) is 34.4 Å². The Morgan fingerprint density at radius 3 is 2.47 bits per heavy atom. The predicted molar refractivity (Wildman–Crippen MR) is 108 cm³/mol. The summed E-state index contributed by atoms with van der Waals surface area (Å²) in [6.45, 7) is 3.04. The molecular weight excluding hydrogens is 421 g/mol. The fourth-order valence-electron chi connectivity index (χ4n) is 3.20. The van der Waals surface area contributed by atoms with Crippen LogP contribution in [-0.2, 0) is 30.6 Å². The summed E-state index contributed by atoms with van der Waals surface area (Å²) in [5.41, 5.74) is -1.26. The van der Waals surface area contributed by atoms with Gasteiger partial charge in [0.05, 0.1) is 33.1 Å². The first-order chi connectivity index (χ1) is 14.0. The maximum atomic E-state index is 13.4. The molecule has 12 heteroatoms. The van der Waals surface area contributed by atoms with Crippen molar-refractivity contribution in [2.75, 3.05) is 17.8 Å². The third-order valence-electron chi connectivity index (χ3n) is 4.71. The Bertz CT molecular complexity index is 1200. The zero-order chi connectivity index (χ0) is 22.4. The van der Waals surface area contributed by atoms with E-state index in [9.17, 15) is 22.2 Å². The molecule has 0 saturated carbocycles. The van der Waals surface area contributed by atoms with Gasteiger partial charge in [-0.25, -0.2) is 15.8 Å². The predicted octanol–water partition coefficient (Wildman–Crippen LogP) is 2.27. The molecule has 1 atom stereocenters. The van der Waals surface area contributed by atoms with E-state index in [0.717, 1.165) is 6.07 Å². The van der Waals surface area contributed by atoms with Crippen molar-refractivity contribution in [2.24, 2.45) is 12.9 Å². The van der Waals surface area contributed by atoms with Gasteiger partial charge in [0.1, 0.15) is 16.9 Å². The topological polar surface area (TPSA) is 99.0 Å². The van der Waals surface area contributed by atoms with Crippen LogP contribution in [0.15, 0.2) is 28.0 Å². The molecule has 0 saturated heterocycles. The first-order valence-corrected chi connectivity index (χ1v) is 10.4. The monoisotopic (exact) mass is 442 g/mol. The zero-order valence-corrected chi connectivity index (χ0v) is 17.6. The fourth-order valence-corrected chi connectivity index (χ4v) is 4.13. The van der Waals surface area contributed by atoms with Crippen molar-refractivity contribution in [3.63, 3.8) is 0 Å². The first kappa shape index (κ1) is 22.0. The van der Waals surface area contributed by atoms with Crippen molar-refractivity contribution in [1.82, 2.24) is 19.1 Å². The number of fused-ring (bicyclic) bond motifs is 1. The highest BCUT2D eigenvalue weighted by atomic mass is 32.2. The molecule has 0 spiro atoms. The van der Waals surface area contributed by atoms with Crippen LogP contribution in [0.1, 0.15) is 19.5 Å². The summed E-state index contributed by atoms with van der Waals surface area (Å²) in [4.78, 5) is 21.7. The fraction of sp³-hybridized carbons (Fsp3) is 0.389. The third-order valence-corrected chi connectivity index (χ3v) is 6.03. The number of hydrogen-bond acceptors (Lipinski definition) is 6. The van der Waals surface area contributed by atoms with Crippen LogP contribution in [0.2, 0.25) is 0 Å². The number of aryl methyl sites for hydroxylation is 1. The Morgan fingerprint density at radius 1 is 1.27 bits per heavy atom. The summed E-state index contributed by atoms with van der Waals surface area (Å²) in [5, 5.41) is 1.30. The van der Waals surface area contributed by atoms with E-state index in [0.29, 0.717) is 15.1 Å². The lowest BCUT2D eigenvalue weighted by Gasteiger charge is -2.15. The van der Waals surface area contributed by atoms with E-state index in [1.807, 2.05) is 0 Å². The number of imidazole rings is 1. The quantitative estimate of drug-likeness (QED) is 0.481. The van der Waals surface area contributed by atoms with E-state index in [1.54, 1.807) is 20.0 Å². The van der Waals surface area contributed by atoms with Gasteiger partial charge in [0.2, 0.25) is 0 Å². The minimum atomic E-state index is -4.71. The van der Waals surface area contributed by atoms with Crippen LogP contribution < -0.4 is 16.4 Å². The van der Waals surface area contributed by atoms with E-state index in [1.165, 1.54) is 29.7 Å². The van der Waals surface area contributed by atoms with Crippen LogP contribution in [0.3, 0.4) is 0 Å². The molecule has 8 nitrogen and oxygen atoms in total. The highest BCUT2D eigenvalue weighted by Gasteiger charge is 2.36. The number of halogens is 3. The van der Waals surface area contributed by atoms with Crippen LogP contribution in [0.5, 0.6) is 0 Å². The number of hydrazine groups is 1. The summed E-state index contributed by atoms with van der Waals surface area (Å²) in [6, 6.07) is 2.44. The van der Waals surface area contributed by atoms with Gasteiger partial charge in [0.15, 0.2) is 5.82 Å². The number of nitrogens with two attached hydrogens (primary N) is 1. The van der Waals surface area contributed by atoms with Gasteiger partial charge in [0, 0.05) is 26.4 Å². The zero-order valence-electron chi connectivity index (χ0n) is 16.8. The lowest BCUT2D eigenvalue weighted by Crippen LogP contribution is -2.28. The van der Waals surface area contributed by atoms with Crippen molar-refractivity contribution < 1.29 is 17.4 Å². The summed E-state index contributed by atoms with van der Waals surface area (Å²) in [7, 11) is 1.66. The number of aromatic nitrogens is 4. The van der Waals surface area contributed by atoms with Gasteiger partial charge in [-0.05, 0) is 19.1 Å². The average molecular weight is 442 g/mol. The maximum Gasteiger partial charge on any atom is 0.431 e. The highest BCUT2D eigenvalue weighted by Crippen LogP contribution is 2.32. The minimum Gasteiger partial charge on any atom is -0.321 e. The second-order valence-corrected chi connectivity index (χ2v) is 8.30. The number of pyridine rings is 2. The van der Waals surface area contributed by atoms with Gasteiger partial charge in [-0.15, -0.1) is 0 Å². The molecule has 1 unspecified atom stereocenters. The Balaban J connectivity index is 2.36. The van der Waals surface area contributed by atoms with Crippen LogP contribution >= 0.6 is 0 Å². The normalized spacial score (nSPS) is 13.1. The maximum absolute atomic E-state index is 13.4. The summed E-state index contributed by atoms with van der Waals surface area (Å²) < 4.78 is 55.0. The van der Waals surface area contributed by atoms with Crippen molar-refractivity contribution in [1.29, 1.82) is 0 Å². The van der Waals surface area contributed by atoms with E-state index >= 15 is 0 Å². The van der Waals surface area contributed by atoms with E-state index in [-0.39, 0.29) is 34.8 Å². The molecular formula is C18H21F3N6O2S. The number of nitrogens with zero attached hydrogens (tertiary/aromatic N) is 5. The molecule has 0 radical (unpaired) electrons. The molecule has 0 aliphatic heterocycles. The first-order valence-electron chi connectivity index (χ1n) is 9.05. The molecule has 0 aromatic carbocycles. The van der Waals surface area contributed by atoms with Crippen LogP contribution in [0.25, 0.3) is 22.6 Å². The van der Waals surface area contributed by atoms with Gasteiger partial charge in [0.25, 0.3) is 5.56 Å². The molecule has 0 amide bonds. The molecule has 0 fully saturated rings. The third kappa shape index (κ3) is 3.60. The van der Waals surface area contributed by atoms with Crippen LogP contribution in [-0.4, -0.2) is 36.1 Å². The van der Waals surface area contributed by atoms with Gasteiger partial charge in [-0.1, -0.05) is 6.92 Å². The van der Waals surface area contributed by atoms with Gasteiger partial charge in [-0.2, -0.15) is 13.2 Å². The standard InChI is InChI=1S/C18H21F3N6O2S/c1-5-27-13(18(19,20)21)8-11-15(17(27)28)25(3)16(24-11)14-12(30(29)6-2)7-10(9-23-14)26(4)22/h7-9H,5-6,22H2,1-4H3. The van der Waals surface area contributed by atoms with E-state index in [4.69, 9.17) is 5.84 Å². The molecule has 0 aliphatic carbocycles. The Hall–Kier alpha value is -2.73. The minimum absolute atomic E-state index is 0.00917. The molecule has 0 bridgehead atoms. The molecule has 30 heavy (non-hydrogen) atoms. The summed E-state index contributed by atoms with van der Waals surface area (Å²) in [5.74, 6) is 6.17. The molecule has 0 aliphatic rings. The lowest BCUT2D eigenvalue weighted by molar-refractivity contribution is -0.144. The molecule has 162 valence electrons. The highest BCUT2D eigenvalue weighted by molar-refractivity contribution is 7.85. The number of rotatable bonds is 5. The molecule has 3 heterocycles. The lowest BCUT2D eigenvalue weighted by atomic mass is 10.3. The number of anilines is 1. The van der Waals surface area contributed by atoms with Gasteiger partial charge < -0.3 is 14.1 Å². The molecule has 3 aromatic rings. The average Bonchev–Trinajstić information content (AvgIpc) is 3.02. The number of alkyl halides is 3. The second-order valence-electron chi connectivity index (χ2n) is 6.59.